The third-order valence-electron chi connectivity index (χ3n) is 2.65. The van der Waals surface area contributed by atoms with Crippen molar-refractivity contribution in [3.63, 3.8) is 0 Å². The Hall–Kier alpha value is -0.900. The Labute approximate surface area is 91.2 Å². The van der Waals surface area contributed by atoms with Crippen LogP contribution in [-0.4, -0.2) is 53.2 Å². The summed E-state index contributed by atoms with van der Waals surface area (Å²) in [5, 5.41) is 0. The molecule has 1 atom stereocenters. The number of amides is 1. The van der Waals surface area contributed by atoms with Crippen molar-refractivity contribution in [2.45, 2.75) is 39.8 Å². The molecule has 0 bridgehead atoms. The maximum absolute atomic E-state index is 11.8. The van der Waals surface area contributed by atoms with Gasteiger partial charge in [-0.3, -0.25) is 14.5 Å². The molecule has 0 saturated carbocycles. The van der Waals surface area contributed by atoms with E-state index < -0.39 is 0 Å². The maximum Gasteiger partial charge on any atom is 0.237 e. The van der Waals surface area contributed by atoms with Gasteiger partial charge in [0.05, 0.1) is 13.1 Å². The van der Waals surface area contributed by atoms with Crippen molar-refractivity contribution < 1.29 is 9.59 Å². The highest BCUT2D eigenvalue weighted by Gasteiger charge is 2.31. The molecule has 0 N–H and O–H groups in total. The molecule has 1 aliphatic rings. The maximum atomic E-state index is 11.8. The molecule has 1 fully saturated rings. The van der Waals surface area contributed by atoms with Crippen molar-refractivity contribution in [1.29, 1.82) is 0 Å². The lowest BCUT2D eigenvalue weighted by atomic mass is 10.1. The zero-order valence-electron chi connectivity index (χ0n) is 9.99. The van der Waals surface area contributed by atoms with E-state index in [1.165, 1.54) is 0 Å². The minimum atomic E-state index is 0.119. The molecule has 0 aromatic carbocycles. The van der Waals surface area contributed by atoms with E-state index in [1.807, 2.05) is 30.6 Å². The molecular formula is C11H20N2O2. The van der Waals surface area contributed by atoms with Crippen LogP contribution in [0.5, 0.6) is 0 Å². The number of ketones is 1. The van der Waals surface area contributed by atoms with Crippen molar-refractivity contribution in [3.05, 3.63) is 0 Å². The third kappa shape index (κ3) is 3.02. The van der Waals surface area contributed by atoms with Gasteiger partial charge in [0, 0.05) is 18.6 Å². The van der Waals surface area contributed by atoms with Crippen molar-refractivity contribution in [2.75, 3.05) is 19.6 Å². The molecule has 1 rings (SSSR count). The zero-order chi connectivity index (χ0) is 11.6. The summed E-state index contributed by atoms with van der Waals surface area (Å²) in [4.78, 5) is 26.6. The Balaban J connectivity index is 2.62. The Morgan fingerprint density at radius 2 is 2.13 bits per heavy atom. The molecule has 0 spiro atoms. The molecule has 0 radical (unpaired) electrons. The predicted octanol–water partition coefficient (Wildman–Crippen LogP) is 0.516. The highest BCUT2D eigenvalue weighted by atomic mass is 16.2. The molecule has 1 unspecified atom stereocenters. The Morgan fingerprint density at radius 3 is 2.53 bits per heavy atom. The van der Waals surface area contributed by atoms with E-state index in [1.54, 1.807) is 6.92 Å². The monoisotopic (exact) mass is 212 g/mol. The standard InChI is InChI=1S/C11H20N2O2/c1-8(2)13-9(3)5-12(6-10(4)14)7-11(13)15/h8-9H,5-7H2,1-4H3. The van der Waals surface area contributed by atoms with Gasteiger partial charge in [0.25, 0.3) is 0 Å². The number of carbonyl (C=O) groups excluding carboxylic acids is 2. The number of hydrogen-bond acceptors (Lipinski definition) is 3. The molecule has 1 amide bonds. The minimum Gasteiger partial charge on any atom is -0.335 e. The number of Topliss-reactive ketones (excluding diaryl/α,β-unsaturated/α-hetero) is 1. The van der Waals surface area contributed by atoms with Gasteiger partial charge in [-0.1, -0.05) is 0 Å². The fourth-order valence-electron chi connectivity index (χ4n) is 2.28. The van der Waals surface area contributed by atoms with Crippen molar-refractivity contribution in [1.82, 2.24) is 9.80 Å². The Bertz CT molecular complexity index is 263. The summed E-state index contributed by atoms with van der Waals surface area (Å²) in [5.74, 6) is 0.248. The number of piperazine rings is 1. The number of carbonyl (C=O) groups is 2. The summed E-state index contributed by atoms with van der Waals surface area (Å²) in [6.07, 6.45) is 0. The highest BCUT2D eigenvalue weighted by molar-refractivity contribution is 5.82. The SMILES string of the molecule is CC(=O)CN1CC(=O)N(C(C)C)C(C)C1. The number of hydrogen-bond donors (Lipinski definition) is 0. The molecule has 0 aromatic rings. The van der Waals surface area contributed by atoms with Gasteiger partial charge in [-0.15, -0.1) is 0 Å². The topological polar surface area (TPSA) is 40.6 Å². The van der Waals surface area contributed by atoms with Gasteiger partial charge in [-0.05, 0) is 27.7 Å². The van der Waals surface area contributed by atoms with Crippen LogP contribution in [-0.2, 0) is 9.59 Å². The molecule has 0 aliphatic carbocycles. The molecule has 4 heteroatoms. The first-order chi connectivity index (χ1) is 6.91. The predicted molar refractivity (Wildman–Crippen MR) is 58.6 cm³/mol. The van der Waals surface area contributed by atoms with E-state index in [0.717, 1.165) is 6.54 Å². The first-order valence-electron chi connectivity index (χ1n) is 5.44. The van der Waals surface area contributed by atoms with E-state index >= 15 is 0 Å². The van der Waals surface area contributed by atoms with Gasteiger partial charge >= 0.3 is 0 Å². The lowest BCUT2D eigenvalue weighted by Gasteiger charge is -2.41. The van der Waals surface area contributed by atoms with Crippen LogP contribution in [0.4, 0.5) is 0 Å². The van der Waals surface area contributed by atoms with Gasteiger partial charge in [0.2, 0.25) is 5.91 Å². The molecule has 4 nitrogen and oxygen atoms in total. The quantitative estimate of drug-likeness (QED) is 0.684. The van der Waals surface area contributed by atoms with Crippen LogP contribution in [0, 0.1) is 0 Å². The molecule has 86 valence electrons. The van der Waals surface area contributed by atoms with Crippen LogP contribution in [0.3, 0.4) is 0 Å². The first kappa shape index (κ1) is 12.2. The van der Waals surface area contributed by atoms with Crippen LogP contribution in [0.1, 0.15) is 27.7 Å². The van der Waals surface area contributed by atoms with Gasteiger partial charge in [-0.2, -0.15) is 0 Å². The van der Waals surface area contributed by atoms with Crippen LogP contribution in [0.25, 0.3) is 0 Å². The molecule has 1 heterocycles. The fourth-order valence-corrected chi connectivity index (χ4v) is 2.28. The Kier molecular flexibility index (Phi) is 3.85. The average molecular weight is 212 g/mol. The van der Waals surface area contributed by atoms with Crippen molar-refractivity contribution in [2.24, 2.45) is 0 Å². The second-order valence-corrected chi connectivity index (χ2v) is 4.62. The van der Waals surface area contributed by atoms with Gasteiger partial charge in [0.15, 0.2) is 0 Å². The lowest BCUT2D eigenvalue weighted by Crippen LogP contribution is -2.58. The van der Waals surface area contributed by atoms with Crippen molar-refractivity contribution >= 4 is 11.7 Å². The molecule has 0 aromatic heterocycles. The summed E-state index contributed by atoms with van der Waals surface area (Å²) in [5.41, 5.74) is 0. The number of rotatable bonds is 3. The molecular weight excluding hydrogens is 192 g/mol. The van der Waals surface area contributed by atoms with E-state index in [-0.39, 0.29) is 23.8 Å². The smallest absolute Gasteiger partial charge is 0.237 e. The van der Waals surface area contributed by atoms with Gasteiger partial charge in [0.1, 0.15) is 5.78 Å². The molecule has 1 aliphatic heterocycles. The Morgan fingerprint density at radius 1 is 1.53 bits per heavy atom. The molecule has 15 heavy (non-hydrogen) atoms. The van der Waals surface area contributed by atoms with Gasteiger partial charge in [-0.25, -0.2) is 0 Å². The normalized spacial score (nSPS) is 23.7. The number of nitrogens with zero attached hydrogens (tertiary/aromatic N) is 2. The van der Waals surface area contributed by atoms with E-state index in [9.17, 15) is 9.59 Å². The van der Waals surface area contributed by atoms with Crippen LogP contribution < -0.4 is 0 Å². The molecule has 1 saturated heterocycles. The second kappa shape index (κ2) is 4.75. The minimum absolute atomic E-state index is 0.119. The summed E-state index contributed by atoms with van der Waals surface area (Å²) < 4.78 is 0. The fraction of sp³-hybridized carbons (Fsp3) is 0.818. The zero-order valence-corrected chi connectivity index (χ0v) is 9.99. The van der Waals surface area contributed by atoms with Crippen LogP contribution in [0.15, 0.2) is 0 Å². The third-order valence-corrected chi connectivity index (χ3v) is 2.65. The van der Waals surface area contributed by atoms with E-state index in [2.05, 4.69) is 0 Å². The summed E-state index contributed by atoms with van der Waals surface area (Å²) in [6.45, 7) is 9.20. The second-order valence-electron chi connectivity index (χ2n) is 4.62. The average Bonchev–Trinajstić information content (AvgIpc) is 1.99. The largest absolute Gasteiger partial charge is 0.335 e. The van der Waals surface area contributed by atoms with Crippen LogP contribution >= 0.6 is 0 Å². The van der Waals surface area contributed by atoms with Gasteiger partial charge < -0.3 is 4.90 Å². The van der Waals surface area contributed by atoms with E-state index in [0.29, 0.717) is 13.1 Å². The summed E-state index contributed by atoms with van der Waals surface area (Å²) >= 11 is 0. The summed E-state index contributed by atoms with van der Waals surface area (Å²) in [6, 6.07) is 0.442. The summed E-state index contributed by atoms with van der Waals surface area (Å²) in [7, 11) is 0. The highest BCUT2D eigenvalue weighted by Crippen LogP contribution is 2.13. The lowest BCUT2D eigenvalue weighted by molar-refractivity contribution is -0.142. The van der Waals surface area contributed by atoms with E-state index in [4.69, 9.17) is 0 Å². The van der Waals surface area contributed by atoms with Crippen molar-refractivity contribution in [3.8, 4) is 0 Å². The van der Waals surface area contributed by atoms with Crippen LogP contribution in [0.2, 0.25) is 0 Å². The first-order valence-corrected chi connectivity index (χ1v) is 5.44.